The fourth-order valence-corrected chi connectivity index (χ4v) is 2.73. The maximum absolute atomic E-state index is 12.1. The van der Waals surface area contributed by atoms with Crippen LogP contribution in [0.15, 0.2) is 15.5 Å². The highest BCUT2D eigenvalue weighted by Crippen LogP contribution is 2.16. The number of halogens is 1. The van der Waals surface area contributed by atoms with E-state index in [1.54, 1.807) is 13.3 Å². The van der Waals surface area contributed by atoms with Crippen molar-refractivity contribution in [1.29, 1.82) is 0 Å². The van der Waals surface area contributed by atoms with E-state index in [0.717, 1.165) is 18.8 Å². The zero-order valence-electron chi connectivity index (χ0n) is 11.8. The molecular formula is C13H21BrN4O2. The minimum atomic E-state index is -0.131. The number of nitrogens with zero attached hydrogens (tertiary/aromatic N) is 3. The average molecular weight is 345 g/mol. The molecule has 1 aromatic rings. The summed E-state index contributed by atoms with van der Waals surface area (Å²) in [5.74, 6) is 0. The molecule has 0 amide bonds. The van der Waals surface area contributed by atoms with Crippen LogP contribution in [0.4, 0.5) is 5.69 Å². The van der Waals surface area contributed by atoms with Crippen LogP contribution in [0.3, 0.4) is 0 Å². The highest BCUT2D eigenvalue weighted by atomic mass is 79.9. The maximum atomic E-state index is 12.1. The molecule has 20 heavy (non-hydrogen) atoms. The van der Waals surface area contributed by atoms with Gasteiger partial charge in [0.15, 0.2) is 0 Å². The molecule has 6 nitrogen and oxygen atoms in total. The fraction of sp³-hybridized carbons (Fsp3) is 0.692. The molecule has 0 aromatic carbocycles. The van der Waals surface area contributed by atoms with Crippen molar-refractivity contribution in [2.75, 3.05) is 45.2 Å². The van der Waals surface area contributed by atoms with Gasteiger partial charge in [-0.05, 0) is 41.9 Å². The number of hydrogen-bond acceptors (Lipinski definition) is 5. The largest absolute Gasteiger partial charge is 0.383 e. The molecule has 0 radical (unpaired) electrons. The molecule has 0 aliphatic carbocycles. The Morgan fingerprint density at radius 3 is 2.85 bits per heavy atom. The minimum Gasteiger partial charge on any atom is -0.383 e. The third-order valence-corrected chi connectivity index (χ3v) is 4.20. The second kappa shape index (κ2) is 7.75. The number of ether oxygens (including phenoxy) is 1. The lowest BCUT2D eigenvalue weighted by Gasteiger charge is -2.16. The number of methoxy groups -OCH3 is 1. The molecule has 0 atom stereocenters. The number of anilines is 1. The highest BCUT2D eigenvalue weighted by Gasteiger charge is 2.12. The molecule has 1 aromatic heterocycles. The van der Waals surface area contributed by atoms with E-state index in [2.05, 4.69) is 31.2 Å². The van der Waals surface area contributed by atoms with Crippen molar-refractivity contribution in [3.05, 3.63) is 21.0 Å². The molecule has 0 saturated carbocycles. The van der Waals surface area contributed by atoms with E-state index in [0.29, 0.717) is 17.6 Å². The number of likely N-dealkylation sites (tertiary alicyclic amines) is 1. The van der Waals surface area contributed by atoms with E-state index in [4.69, 9.17) is 4.74 Å². The molecule has 1 N–H and O–H groups in total. The van der Waals surface area contributed by atoms with Gasteiger partial charge in [0, 0.05) is 20.2 Å². The van der Waals surface area contributed by atoms with Gasteiger partial charge in [-0.15, -0.1) is 0 Å². The monoisotopic (exact) mass is 344 g/mol. The molecule has 0 bridgehead atoms. The second-order valence-corrected chi connectivity index (χ2v) is 5.66. The molecule has 1 aliphatic rings. The Balaban J connectivity index is 1.91. The zero-order chi connectivity index (χ0) is 14.4. The average Bonchev–Trinajstić information content (AvgIpc) is 2.96. The summed E-state index contributed by atoms with van der Waals surface area (Å²) < 4.78 is 6.89. The Labute approximate surface area is 127 Å². The summed E-state index contributed by atoms with van der Waals surface area (Å²) in [5.41, 5.74) is 0.621. The highest BCUT2D eigenvalue weighted by molar-refractivity contribution is 9.10. The lowest BCUT2D eigenvalue weighted by Crippen LogP contribution is -2.28. The van der Waals surface area contributed by atoms with Crippen molar-refractivity contribution in [3.8, 4) is 0 Å². The zero-order valence-corrected chi connectivity index (χ0v) is 13.4. The van der Waals surface area contributed by atoms with Crippen molar-refractivity contribution in [2.24, 2.45) is 0 Å². The van der Waals surface area contributed by atoms with Crippen molar-refractivity contribution < 1.29 is 4.74 Å². The summed E-state index contributed by atoms with van der Waals surface area (Å²) in [7, 11) is 1.61. The number of aromatic nitrogens is 2. The Morgan fingerprint density at radius 2 is 2.15 bits per heavy atom. The summed E-state index contributed by atoms with van der Waals surface area (Å²) in [6.45, 7) is 5.11. The minimum absolute atomic E-state index is 0.131. The van der Waals surface area contributed by atoms with Crippen molar-refractivity contribution in [1.82, 2.24) is 14.7 Å². The lowest BCUT2D eigenvalue weighted by atomic mass is 10.4. The molecule has 2 rings (SSSR count). The van der Waals surface area contributed by atoms with Gasteiger partial charge >= 0.3 is 0 Å². The summed E-state index contributed by atoms with van der Waals surface area (Å²) in [5, 5.41) is 7.41. The third-order valence-electron chi connectivity index (χ3n) is 3.43. The van der Waals surface area contributed by atoms with Gasteiger partial charge in [0.05, 0.1) is 25.0 Å². The van der Waals surface area contributed by atoms with E-state index < -0.39 is 0 Å². The Hall–Kier alpha value is -0.920. The van der Waals surface area contributed by atoms with Crippen molar-refractivity contribution >= 4 is 21.6 Å². The van der Waals surface area contributed by atoms with Gasteiger partial charge in [-0.1, -0.05) is 0 Å². The van der Waals surface area contributed by atoms with Gasteiger partial charge in [0.25, 0.3) is 5.56 Å². The molecule has 1 fully saturated rings. The lowest BCUT2D eigenvalue weighted by molar-refractivity contribution is 0.181. The van der Waals surface area contributed by atoms with E-state index in [1.165, 1.54) is 30.6 Å². The van der Waals surface area contributed by atoms with Gasteiger partial charge in [0.1, 0.15) is 4.47 Å². The number of hydrogen-bond donors (Lipinski definition) is 1. The van der Waals surface area contributed by atoms with E-state index in [9.17, 15) is 4.79 Å². The first-order chi connectivity index (χ1) is 9.72. The predicted molar refractivity (Wildman–Crippen MR) is 82.2 cm³/mol. The van der Waals surface area contributed by atoms with E-state index >= 15 is 0 Å². The van der Waals surface area contributed by atoms with Crippen LogP contribution in [0.25, 0.3) is 0 Å². The Bertz CT molecular complexity index is 486. The summed E-state index contributed by atoms with van der Waals surface area (Å²) >= 11 is 3.35. The smallest absolute Gasteiger partial charge is 0.283 e. The van der Waals surface area contributed by atoms with Crippen molar-refractivity contribution in [3.63, 3.8) is 0 Å². The molecule has 0 unspecified atom stereocenters. The van der Waals surface area contributed by atoms with Gasteiger partial charge in [-0.2, -0.15) is 5.10 Å². The van der Waals surface area contributed by atoms with Crippen LogP contribution in [0, 0.1) is 0 Å². The first-order valence-electron chi connectivity index (χ1n) is 6.93. The molecule has 1 saturated heterocycles. The van der Waals surface area contributed by atoms with Crippen LogP contribution in [-0.4, -0.2) is 54.6 Å². The summed E-state index contributed by atoms with van der Waals surface area (Å²) in [4.78, 5) is 14.5. The molecular weight excluding hydrogens is 324 g/mol. The molecule has 2 heterocycles. The second-order valence-electron chi connectivity index (χ2n) is 4.87. The van der Waals surface area contributed by atoms with Crippen LogP contribution < -0.4 is 10.9 Å². The quantitative estimate of drug-likeness (QED) is 0.804. The first kappa shape index (κ1) is 15.5. The van der Waals surface area contributed by atoms with Crippen LogP contribution in [0.1, 0.15) is 12.8 Å². The molecule has 1 aliphatic heterocycles. The standard InChI is InChI=1S/C13H21BrN4O2/c1-20-9-8-18-13(19)12(14)11(10-16-18)15-4-7-17-5-2-3-6-17/h10,15H,2-9H2,1H3. The number of rotatable bonds is 7. The van der Waals surface area contributed by atoms with Crippen LogP contribution >= 0.6 is 15.9 Å². The van der Waals surface area contributed by atoms with Gasteiger partial charge in [-0.25, -0.2) is 4.68 Å². The molecule has 0 spiro atoms. The normalized spacial score (nSPS) is 15.7. The van der Waals surface area contributed by atoms with Crippen molar-refractivity contribution in [2.45, 2.75) is 19.4 Å². The van der Waals surface area contributed by atoms with Gasteiger partial charge in [-0.3, -0.25) is 4.79 Å². The van der Waals surface area contributed by atoms with Gasteiger partial charge < -0.3 is 15.0 Å². The maximum Gasteiger partial charge on any atom is 0.283 e. The van der Waals surface area contributed by atoms with E-state index in [1.807, 2.05) is 0 Å². The van der Waals surface area contributed by atoms with Crippen LogP contribution in [0.5, 0.6) is 0 Å². The number of nitrogens with one attached hydrogen (secondary N) is 1. The summed E-state index contributed by atoms with van der Waals surface area (Å²) in [6.07, 6.45) is 4.27. The fourth-order valence-electron chi connectivity index (χ4n) is 2.28. The predicted octanol–water partition coefficient (Wildman–Crippen LogP) is 1.16. The third kappa shape index (κ3) is 4.04. The molecule has 112 valence electrons. The van der Waals surface area contributed by atoms with E-state index in [-0.39, 0.29) is 5.56 Å². The molecule has 7 heteroatoms. The van der Waals surface area contributed by atoms with Gasteiger partial charge in [0.2, 0.25) is 0 Å². The topological polar surface area (TPSA) is 59.4 Å². The first-order valence-corrected chi connectivity index (χ1v) is 7.72. The van der Waals surface area contributed by atoms with Crippen LogP contribution in [0.2, 0.25) is 0 Å². The summed E-state index contributed by atoms with van der Waals surface area (Å²) in [6, 6.07) is 0. The Morgan fingerprint density at radius 1 is 1.40 bits per heavy atom. The SMILES string of the molecule is COCCn1ncc(NCCN2CCCC2)c(Br)c1=O. The van der Waals surface area contributed by atoms with Crippen LogP contribution in [-0.2, 0) is 11.3 Å². The Kier molecular flexibility index (Phi) is 6.00.